The summed E-state index contributed by atoms with van der Waals surface area (Å²) in [5.74, 6) is 0.151. The van der Waals surface area contributed by atoms with Gasteiger partial charge in [-0.05, 0) is 11.1 Å². The number of benzene rings is 2. The van der Waals surface area contributed by atoms with Gasteiger partial charge in [-0.3, -0.25) is 9.78 Å². The normalized spacial score (nSPS) is 10.6. The first kappa shape index (κ1) is 19.7. The van der Waals surface area contributed by atoms with Crippen LogP contribution in [0.25, 0.3) is 11.3 Å². The summed E-state index contributed by atoms with van der Waals surface area (Å²) in [6.45, 7) is 4.63. The first-order valence-electron chi connectivity index (χ1n) is 8.87. The van der Waals surface area contributed by atoms with Crippen LogP contribution in [-0.4, -0.2) is 22.8 Å². The lowest BCUT2D eigenvalue weighted by Gasteiger charge is -2.06. The molecule has 144 valence electrons. The SMILES string of the molecule is C=CCOCc1ccc(C=NNc2nc(-c3ccccc3)c(C#N)c(=O)[nH]2)cc1. The Morgan fingerprint density at radius 3 is 2.66 bits per heavy atom. The summed E-state index contributed by atoms with van der Waals surface area (Å²) >= 11 is 0. The lowest BCUT2D eigenvalue weighted by atomic mass is 10.1. The molecule has 0 aliphatic rings. The van der Waals surface area contributed by atoms with Crippen molar-refractivity contribution in [3.8, 4) is 17.3 Å². The van der Waals surface area contributed by atoms with E-state index < -0.39 is 5.56 Å². The quantitative estimate of drug-likeness (QED) is 0.267. The molecule has 0 saturated heterocycles. The maximum atomic E-state index is 12.2. The molecule has 0 fully saturated rings. The summed E-state index contributed by atoms with van der Waals surface area (Å²) in [6, 6.07) is 18.7. The Kier molecular flexibility index (Phi) is 6.66. The van der Waals surface area contributed by atoms with E-state index in [-0.39, 0.29) is 11.5 Å². The van der Waals surface area contributed by atoms with E-state index in [2.05, 4.69) is 27.1 Å². The lowest BCUT2D eigenvalue weighted by Crippen LogP contribution is -2.16. The van der Waals surface area contributed by atoms with Gasteiger partial charge in [0, 0.05) is 5.56 Å². The summed E-state index contributed by atoms with van der Waals surface area (Å²) in [5, 5.41) is 13.4. The summed E-state index contributed by atoms with van der Waals surface area (Å²) in [7, 11) is 0. The number of hydrogen-bond acceptors (Lipinski definition) is 6. The Labute approximate surface area is 168 Å². The van der Waals surface area contributed by atoms with Gasteiger partial charge in [0.25, 0.3) is 5.56 Å². The number of nitrogens with one attached hydrogen (secondary N) is 2. The fourth-order valence-corrected chi connectivity index (χ4v) is 2.56. The maximum absolute atomic E-state index is 12.2. The highest BCUT2D eigenvalue weighted by Gasteiger charge is 2.12. The van der Waals surface area contributed by atoms with Gasteiger partial charge in [0.05, 0.1) is 25.1 Å². The molecule has 3 aromatic rings. The topological polar surface area (TPSA) is 103 Å². The second-order valence-corrected chi connectivity index (χ2v) is 6.03. The third-order valence-corrected chi connectivity index (χ3v) is 3.95. The highest BCUT2D eigenvalue weighted by Crippen LogP contribution is 2.19. The number of anilines is 1. The molecule has 0 spiro atoms. The molecule has 7 nitrogen and oxygen atoms in total. The van der Waals surface area contributed by atoms with Gasteiger partial charge in [-0.25, -0.2) is 10.4 Å². The van der Waals surface area contributed by atoms with Crippen molar-refractivity contribution in [1.29, 1.82) is 5.26 Å². The van der Waals surface area contributed by atoms with Gasteiger partial charge in [-0.2, -0.15) is 10.4 Å². The van der Waals surface area contributed by atoms with E-state index in [9.17, 15) is 10.1 Å². The minimum Gasteiger partial charge on any atom is -0.373 e. The molecule has 0 bridgehead atoms. The smallest absolute Gasteiger partial charge is 0.270 e. The Morgan fingerprint density at radius 2 is 1.97 bits per heavy atom. The van der Waals surface area contributed by atoms with Gasteiger partial charge in [0.2, 0.25) is 5.95 Å². The number of hydrogen-bond donors (Lipinski definition) is 2. The average molecular weight is 385 g/mol. The highest BCUT2D eigenvalue weighted by atomic mass is 16.5. The lowest BCUT2D eigenvalue weighted by molar-refractivity contribution is 0.149. The average Bonchev–Trinajstić information content (AvgIpc) is 2.75. The zero-order valence-corrected chi connectivity index (χ0v) is 15.6. The van der Waals surface area contributed by atoms with Crippen LogP contribution >= 0.6 is 0 Å². The van der Waals surface area contributed by atoms with Crippen LogP contribution in [-0.2, 0) is 11.3 Å². The van der Waals surface area contributed by atoms with Crippen LogP contribution in [0.15, 0.2) is 77.1 Å². The molecule has 0 aliphatic carbocycles. The molecule has 0 saturated carbocycles. The third-order valence-electron chi connectivity index (χ3n) is 3.95. The molecule has 3 rings (SSSR count). The van der Waals surface area contributed by atoms with E-state index in [4.69, 9.17) is 4.74 Å². The highest BCUT2D eigenvalue weighted by molar-refractivity contribution is 5.80. The second-order valence-electron chi connectivity index (χ2n) is 6.03. The fraction of sp³-hybridized carbons (Fsp3) is 0.0909. The summed E-state index contributed by atoms with van der Waals surface area (Å²) in [6.07, 6.45) is 3.31. The Bertz CT molecular complexity index is 1100. The van der Waals surface area contributed by atoms with Gasteiger partial charge < -0.3 is 4.74 Å². The number of nitriles is 1. The van der Waals surface area contributed by atoms with Crippen molar-refractivity contribution in [2.75, 3.05) is 12.0 Å². The second kappa shape index (κ2) is 9.78. The molecule has 1 aromatic heterocycles. The number of H-pyrrole nitrogens is 1. The molecule has 0 aliphatic heterocycles. The fourth-order valence-electron chi connectivity index (χ4n) is 2.56. The van der Waals surface area contributed by atoms with Crippen LogP contribution < -0.4 is 11.0 Å². The summed E-state index contributed by atoms with van der Waals surface area (Å²) in [4.78, 5) is 19.1. The van der Waals surface area contributed by atoms with Crippen LogP contribution in [0.3, 0.4) is 0 Å². The molecule has 2 N–H and O–H groups in total. The van der Waals surface area contributed by atoms with Crippen molar-refractivity contribution in [3.05, 3.63) is 94.3 Å². The summed E-state index contributed by atoms with van der Waals surface area (Å²) < 4.78 is 5.40. The molecule has 1 heterocycles. The predicted molar refractivity (Wildman–Crippen MR) is 113 cm³/mol. The van der Waals surface area contributed by atoms with E-state index in [1.807, 2.05) is 48.5 Å². The number of rotatable bonds is 8. The molecule has 29 heavy (non-hydrogen) atoms. The molecular formula is C22H19N5O2. The van der Waals surface area contributed by atoms with Gasteiger partial charge in [-0.15, -0.1) is 6.58 Å². The minimum atomic E-state index is -0.525. The largest absolute Gasteiger partial charge is 0.373 e. The Morgan fingerprint density at radius 1 is 1.21 bits per heavy atom. The number of nitrogens with zero attached hydrogens (tertiary/aromatic N) is 3. The molecule has 2 aromatic carbocycles. The van der Waals surface area contributed by atoms with Crippen LogP contribution in [0.5, 0.6) is 0 Å². The minimum absolute atomic E-state index is 0.0417. The Balaban J connectivity index is 1.74. The van der Waals surface area contributed by atoms with E-state index in [0.717, 1.165) is 11.1 Å². The molecule has 0 atom stereocenters. The Hall–Kier alpha value is -4.02. The van der Waals surface area contributed by atoms with Crippen LogP contribution in [0.2, 0.25) is 0 Å². The van der Waals surface area contributed by atoms with Crippen molar-refractivity contribution in [2.45, 2.75) is 6.61 Å². The van der Waals surface area contributed by atoms with E-state index in [0.29, 0.717) is 24.5 Å². The first-order valence-corrected chi connectivity index (χ1v) is 8.87. The molecular weight excluding hydrogens is 366 g/mol. The first-order chi connectivity index (χ1) is 14.2. The van der Waals surface area contributed by atoms with Crippen LogP contribution in [0.4, 0.5) is 5.95 Å². The van der Waals surface area contributed by atoms with E-state index >= 15 is 0 Å². The monoisotopic (exact) mass is 385 g/mol. The summed E-state index contributed by atoms with van der Waals surface area (Å²) in [5.41, 5.74) is 5.03. The molecule has 0 unspecified atom stereocenters. The standard InChI is InChI=1S/C22H19N5O2/c1-2-12-29-15-17-10-8-16(9-11-17)14-24-27-22-25-20(18-6-4-3-5-7-18)19(13-23)21(28)26-22/h2-11,14H,1,12,15H2,(H2,25,26,27,28). The number of aromatic amines is 1. The van der Waals surface area contributed by atoms with Crippen LogP contribution in [0.1, 0.15) is 16.7 Å². The number of ether oxygens (including phenoxy) is 1. The third kappa shape index (κ3) is 5.25. The van der Waals surface area contributed by atoms with Gasteiger partial charge >= 0.3 is 0 Å². The molecule has 0 radical (unpaired) electrons. The van der Waals surface area contributed by atoms with Gasteiger partial charge in [0.15, 0.2) is 0 Å². The van der Waals surface area contributed by atoms with Gasteiger partial charge in [-0.1, -0.05) is 60.7 Å². The van der Waals surface area contributed by atoms with Crippen molar-refractivity contribution in [1.82, 2.24) is 9.97 Å². The van der Waals surface area contributed by atoms with E-state index in [1.165, 1.54) is 0 Å². The van der Waals surface area contributed by atoms with Gasteiger partial charge in [0.1, 0.15) is 11.6 Å². The zero-order chi connectivity index (χ0) is 20.5. The van der Waals surface area contributed by atoms with Crippen molar-refractivity contribution < 1.29 is 4.74 Å². The number of hydrazone groups is 1. The van der Waals surface area contributed by atoms with E-state index in [1.54, 1.807) is 24.4 Å². The zero-order valence-electron chi connectivity index (χ0n) is 15.6. The predicted octanol–water partition coefficient (Wildman–Crippen LogP) is 3.46. The molecule has 7 heteroatoms. The molecule has 0 amide bonds. The maximum Gasteiger partial charge on any atom is 0.270 e. The van der Waals surface area contributed by atoms with Crippen LogP contribution in [0, 0.1) is 11.3 Å². The van der Waals surface area contributed by atoms with Crippen molar-refractivity contribution in [3.63, 3.8) is 0 Å². The number of aromatic nitrogens is 2. The van der Waals surface area contributed by atoms with Crippen molar-refractivity contribution >= 4 is 12.2 Å². The van der Waals surface area contributed by atoms with Crippen molar-refractivity contribution in [2.24, 2.45) is 5.10 Å².